The van der Waals surface area contributed by atoms with Gasteiger partial charge in [-0.25, -0.2) is 9.18 Å². The number of aromatic carboxylic acids is 1. The van der Waals surface area contributed by atoms with Crippen molar-refractivity contribution < 1.29 is 19.0 Å². The maximum absolute atomic E-state index is 13.5. The lowest BCUT2D eigenvalue weighted by Gasteiger charge is -2.28. The molecular weight excluding hydrogens is 249 g/mol. The van der Waals surface area contributed by atoms with Crippen LogP contribution in [-0.4, -0.2) is 42.7 Å². The van der Waals surface area contributed by atoms with Crippen LogP contribution in [0.2, 0.25) is 0 Å². The third-order valence-corrected chi connectivity index (χ3v) is 3.50. The van der Waals surface area contributed by atoms with E-state index < -0.39 is 11.8 Å². The number of rotatable bonds is 4. The first-order chi connectivity index (χ1) is 9.08. The molecule has 1 saturated heterocycles. The van der Waals surface area contributed by atoms with Crippen molar-refractivity contribution in [2.24, 2.45) is 5.92 Å². The molecule has 5 heteroatoms. The van der Waals surface area contributed by atoms with Gasteiger partial charge in [-0.1, -0.05) is 6.07 Å². The lowest BCUT2D eigenvalue weighted by Crippen LogP contribution is -2.32. The van der Waals surface area contributed by atoms with E-state index in [1.807, 2.05) is 0 Å². The van der Waals surface area contributed by atoms with E-state index in [0.717, 1.165) is 32.0 Å². The maximum atomic E-state index is 13.5. The molecule has 1 aromatic carbocycles. The quantitative estimate of drug-likeness (QED) is 0.909. The number of carbonyl (C=O) groups is 1. The van der Waals surface area contributed by atoms with Gasteiger partial charge in [-0.3, -0.25) is 0 Å². The Labute approximate surface area is 111 Å². The van der Waals surface area contributed by atoms with E-state index in [2.05, 4.69) is 11.9 Å². The van der Waals surface area contributed by atoms with Crippen molar-refractivity contribution in [1.29, 1.82) is 0 Å². The summed E-state index contributed by atoms with van der Waals surface area (Å²) in [5.74, 6) is -1.53. The van der Waals surface area contributed by atoms with Crippen molar-refractivity contribution in [2.45, 2.75) is 12.8 Å². The summed E-state index contributed by atoms with van der Waals surface area (Å²) in [7, 11) is 2.08. The monoisotopic (exact) mass is 267 g/mol. The fraction of sp³-hybridized carbons (Fsp3) is 0.500. The Balaban J connectivity index is 2.00. The molecule has 1 aromatic rings. The van der Waals surface area contributed by atoms with Gasteiger partial charge in [0, 0.05) is 0 Å². The summed E-state index contributed by atoms with van der Waals surface area (Å²) in [5.41, 5.74) is -0.379. The molecule has 0 atom stereocenters. The third-order valence-electron chi connectivity index (χ3n) is 3.50. The number of benzene rings is 1. The Morgan fingerprint density at radius 3 is 2.79 bits per heavy atom. The van der Waals surface area contributed by atoms with Gasteiger partial charge in [0.1, 0.15) is 17.1 Å². The smallest absolute Gasteiger partial charge is 0.342 e. The average Bonchev–Trinajstić information content (AvgIpc) is 2.37. The molecule has 1 fully saturated rings. The predicted octanol–water partition coefficient (Wildman–Crippen LogP) is 2.24. The van der Waals surface area contributed by atoms with Crippen LogP contribution in [0.1, 0.15) is 23.2 Å². The fourth-order valence-corrected chi connectivity index (χ4v) is 2.27. The highest BCUT2D eigenvalue weighted by Gasteiger charge is 2.20. The summed E-state index contributed by atoms with van der Waals surface area (Å²) >= 11 is 0. The Kier molecular flexibility index (Phi) is 4.37. The summed E-state index contributed by atoms with van der Waals surface area (Å²) < 4.78 is 19.0. The zero-order valence-corrected chi connectivity index (χ0v) is 10.9. The van der Waals surface area contributed by atoms with Crippen LogP contribution in [0, 0.1) is 11.7 Å². The summed E-state index contributed by atoms with van der Waals surface area (Å²) in [4.78, 5) is 13.3. The molecule has 0 aromatic heterocycles. The van der Waals surface area contributed by atoms with Crippen LogP contribution < -0.4 is 4.74 Å². The SMILES string of the molecule is CN1CCC(COc2cccc(F)c2C(=O)O)CC1. The number of carboxylic acid groups (broad SMARTS) is 1. The lowest BCUT2D eigenvalue weighted by atomic mass is 9.98. The van der Waals surface area contributed by atoms with Crippen LogP contribution >= 0.6 is 0 Å². The Morgan fingerprint density at radius 2 is 2.16 bits per heavy atom. The molecule has 4 nitrogen and oxygen atoms in total. The fourth-order valence-electron chi connectivity index (χ4n) is 2.27. The second kappa shape index (κ2) is 6.02. The van der Waals surface area contributed by atoms with Gasteiger partial charge in [-0.15, -0.1) is 0 Å². The Hall–Kier alpha value is -1.62. The molecule has 1 aliphatic heterocycles. The van der Waals surface area contributed by atoms with Gasteiger partial charge in [-0.05, 0) is 51.0 Å². The van der Waals surface area contributed by atoms with Crippen molar-refractivity contribution in [1.82, 2.24) is 4.90 Å². The number of nitrogens with zero attached hydrogens (tertiary/aromatic N) is 1. The first-order valence-corrected chi connectivity index (χ1v) is 6.41. The van der Waals surface area contributed by atoms with Gasteiger partial charge in [0.15, 0.2) is 0 Å². The molecule has 19 heavy (non-hydrogen) atoms. The Morgan fingerprint density at radius 1 is 1.47 bits per heavy atom. The van der Waals surface area contributed by atoms with Crippen molar-refractivity contribution in [3.05, 3.63) is 29.6 Å². The maximum Gasteiger partial charge on any atom is 0.342 e. The van der Waals surface area contributed by atoms with Crippen LogP contribution in [0.15, 0.2) is 18.2 Å². The Bertz CT molecular complexity index is 456. The van der Waals surface area contributed by atoms with Crippen molar-refractivity contribution >= 4 is 5.97 Å². The highest BCUT2D eigenvalue weighted by Crippen LogP contribution is 2.24. The zero-order valence-electron chi connectivity index (χ0n) is 10.9. The van der Waals surface area contributed by atoms with Crippen LogP contribution in [-0.2, 0) is 0 Å². The molecule has 0 radical (unpaired) electrons. The highest BCUT2D eigenvalue weighted by atomic mass is 19.1. The van der Waals surface area contributed by atoms with Crippen LogP contribution in [0.3, 0.4) is 0 Å². The molecule has 104 valence electrons. The average molecular weight is 267 g/mol. The van der Waals surface area contributed by atoms with Crippen molar-refractivity contribution in [2.75, 3.05) is 26.7 Å². The second-order valence-electron chi connectivity index (χ2n) is 4.98. The van der Waals surface area contributed by atoms with E-state index in [9.17, 15) is 9.18 Å². The predicted molar refractivity (Wildman–Crippen MR) is 69.1 cm³/mol. The van der Waals surface area contributed by atoms with Gasteiger partial charge in [0.05, 0.1) is 6.61 Å². The van der Waals surface area contributed by atoms with Crippen molar-refractivity contribution in [3.63, 3.8) is 0 Å². The minimum Gasteiger partial charge on any atom is -0.492 e. The van der Waals surface area contributed by atoms with Gasteiger partial charge < -0.3 is 14.7 Å². The zero-order chi connectivity index (χ0) is 13.8. The largest absolute Gasteiger partial charge is 0.492 e. The molecule has 1 aliphatic rings. The molecule has 0 spiro atoms. The second-order valence-corrected chi connectivity index (χ2v) is 4.98. The van der Waals surface area contributed by atoms with E-state index >= 15 is 0 Å². The molecule has 0 bridgehead atoms. The van der Waals surface area contributed by atoms with Crippen LogP contribution in [0.25, 0.3) is 0 Å². The standard InChI is InChI=1S/C14H18FNO3/c1-16-7-5-10(6-8-16)9-19-12-4-2-3-11(15)13(12)14(17)18/h2-4,10H,5-9H2,1H3,(H,17,18). The molecule has 0 unspecified atom stereocenters. The number of hydrogen-bond donors (Lipinski definition) is 1. The van der Waals surface area contributed by atoms with E-state index in [4.69, 9.17) is 9.84 Å². The molecule has 0 amide bonds. The van der Waals surface area contributed by atoms with Crippen LogP contribution in [0.5, 0.6) is 5.75 Å². The van der Waals surface area contributed by atoms with E-state index in [-0.39, 0.29) is 11.3 Å². The summed E-state index contributed by atoms with van der Waals surface area (Å²) in [6.45, 7) is 2.48. The number of hydrogen-bond acceptors (Lipinski definition) is 3. The molecule has 0 aliphatic carbocycles. The highest BCUT2D eigenvalue weighted by molar-refractivity contribution is 5.91. The number of carboxylic acids is 1. The van der Waals surface area contributed by atoms with Gasteiger partial charge in [0.2, 0.25) is 0 Å². The first kappa shape index (κ1) is 13.8. The lowest BCUT2D eigenvalue weighted by molar-refractivity contribution is 0.0684. The minimum atomic E-state index is -1.29. The van der Waals surface area contributed by atoms with E-state index in [1.165, 1.54) is 12.1 Å². The summed E-state index contributed by atoms with van der Waals surface area (Å²) in [6, 6.07) is 4.10. The molecule has 1 N–H and O–H groups in total. The number of ether oxygens (including phenoxy) is 1. The molecule has 2 rings (SSSR count). The molecular formula is C14H18FNO3. The first-order valence-electron chi connectivity index (χ1n) is 6.41. The van der Waals surface area contributed by atoms with Gasteiger partial charge >= 0.3 is 5.97 Å². The number of likely N-dealkylation sites (tertiary alicyclic amines) is 1. The van der Waals surface area contributed by atoms with Crippen LogP contribution in [0.4, 0.5) is 4.39 Å². The summed E-state index contributed by atoms with van der Waals surface area (Å²) in [6.07, 6.45) is 2.04. The van der Waals surface area contributed by atoms with Gasteiger partial charge in [0.25, 0.3) is 0 Å². The molecule has 1 heterocycles. The summed E-state index contributed by atoms with van der Waals surface area (Å²) in [5, 5.41) is 8.99. The third kappa shape index (κ3) is 3.44. The van der Waals surface area contributed by atoms with Gasteiger partial charge in [-0.2, -0.15) is 0 Å². The molecule has 0 saturated carbocycles. The normalized spacial score (nSPS) is 17.4. The number of halogens is 1. The topological polar surface area (TPSA) is 49.8 Å². The van der Waals surface area contributed by atoms with E-state index in [0.29, 0.717) is 12.5 Å². The number of piperidine rings is 1. The minimum absolute atomic E-state index is 0.117. The van der Waals surface area contributed by atoms with E-state index in [1.54, 1.807) is 0 Å². The van der Waals surface area contributed by atoms with Crippen molar-refractivity contribution in [3.8, 4) is 5.75 Å².